The van der Waals surface area contributed by atoms with E-state index in [0.717, 1.165) is 0 Å². The molecule has 0 aliphatic carbocycles. The van der Waals surface area contributed by atoms with Crippen molar-refractivity contribution in [2.24, 2.45) is 0 Å². The molecule has 1 N–H and O–H groups in total. The number of hydrogen-bond acceptors (Lipinski definition) is 4. The van der Waals surface area contributed by atoms with Crippen LogP contribution in [0.3, 0.4) is 0 Å². The molecule has 2 heterocycles. The van der Waals surface area contributed by atoms with Gasteiger partial charge in [-0.05, 0) is 36.4 Å². The number of nitrogens with one attached hydrogen (secondary N) is 1. The summed E-state index contributed by atoms with van der Waals surface area (Å²) in [6.07, 6.45) is 1.53. The van der Waals surface area contributed by atoms with Crippen molar-refractivity contribution in [1.29, 1.82) is 0 Å². The second-order valence-electron chi connectivity index (χ2n) is 5.73. The average molecular weight is 339 g/mol. The van der Waals surface area contributed by atoms with Crippen LogP contribution in [-0.4, -0.2) is 29.9 Å². The van der Waals surface area contributed by atoms with E-state index in [2.05, 4.69) is 10.3 Å². The second kappa shape index (κ2) is 7.17. The van der Waals surface area contributed by atoms with Crippen LogP contribution < -0.4 is 5.32 Å². The molecule has 3 rings (SSSR count). The summed E-state index contributed by atoms with van der Waals surface area (Å²) in [6, 6.07) is 13.5. The van der Waals surface area contributed by atoms with E-state index >= 15 is 0 Å². The lowest BCUT2D eigenvalue weighted by molar-refractivity contribution is 0.0827. The Balaban J connectivity index is 1.65. The molecule has 0 radical (unpaired) electrons. The van der Waals surface area contributed by atoms with Crippen molar-refractivity contribution >= 4 is 11.7 Å². The van der Waals surface area contributed by atoms with Crippen LogP contribution in [0.5, 0.6) is 0 Å². The summed E-state index contributed by atoms with van der Waals surface area (Å²) in [4.78, 5) is 17.5. The molecule has 0 spiro atoms. The van der Waals surface area contributed by atoms with Gasteiger partial charge >= 0.3 is 0 Å². The molecule has 128 valence electrons. The normalized spacial score (nSPS) is 10.5. The summed E-state index contributed by atoms with van der Waals surface area (Å²) in [6.45, 7) is 0.405. The van der Waals surface area contributed by atoms with E-state index < -0.39 is 0 Å². The third-order valence-corrected chi connectivity index (χ3v) is 3.66. The maximum Gasteiger partial charge on any atom is 0.254 e. The first-order valence-corrected chi connectivity index (χ1v) is 7.80. The molecule has 0 aliphatic rings. The summed E-state index contributed by atoms with van der Waals surface area (Å²) in [5.74, 6) is 1.35. The molecule has 25 heavy (non-hydrogen) atoms. The monoisotopic (exact) mass is 339 g/mol. The minimum atomic E-state index is -0.320. The second-order valence-corrected chi connectivity index (χ2v) is 5.73. The quantitative estimate of drug-likeness (QED) is 0.768. The number of carbonyl (C=O) groups excluding carboxylic acids is 1. The summed E-state index contributed by atoms with van der Waals surface area (Å²) in [5, 5.41) is 3.11. The van der Waals surface area contributed by atoms with Gasteiger partial charge in [0.1, 0.15) is 23.2 Å². The van der Waals surface area contributed by atoms with Crippen LogP contribution in [0.15, 0.2) is 59.1 Å². The highest BCUT2D eigenvalue weighted by Gasteiger charge is 2.10. The van der Waals surface area contributed by atoms with Gasteiger partial charge in [0.25, 0.3) is 5.91 Å². The van der Waals surface area contributed by atoms with E-state index in [1.807, 2.05) is 0 Å². The zero-order valence-corrected chi connectivity index (χ0v) is 14.0. The van der Waals surface area contributed by atoms with Crippen molar-refractivity contribution in [2.75, 3.05) is 19.4 Å². The van der Waals surface area contributed by atoms with E-state index in [4.69, 9.17) is 4.42 Å². The largest absolute Gasteiger partial charge is 0.459 e. The van der Waals surface area contributed by atoms with Crippen LogP contribution in [0.25, 0.3) is 11.3 Å². The molecule has 1 amide bonds. The zero-order valence-electron chi connectivity index (χ0n) is 14.0. The van der Waals surface area contributed by atoms with Gasteiger partial charge in [0.2, 0.25) is 0 Å². The zero-order chi connectivity index (χ0) is 17.8. The van der Waals surface area contributed by atoms with Crippen LogP contribution in [0.2, 0.25) is 0 Å². The lowest BCUT2D eigenvalue weighted by Crippen LogP contribution is -2.21. The fraction of sp³-hybridized carbons (Fsp3) is 0.158. The van der Waals surface area contributed by atoms with Gasteiger partial charge in [-0.25, -0.2) is 9.37 Å². The lowest BCUT2D eigenvalue weighted by atomic mass is 10.1. The minimum Gasteiger partial charge on any atom is -0.459 e. The Morgan fingerprint density at radius 3 is 2.64 bits per heavy atom. The SMILES string of the molecule is CN(C)C(=O)c1ccc(NCc2ccc(-c3ccccc3F)o2)nc1. The standard InChI is InChI=1S/C19H18FN3O2/c1-23(2)19(24)13-7-10-18(21-11-13)22-12-14-8-9-17(25-14)15-5-3-4-6-16(15)20/h3-11H,12H2,1-2H3,(H,21,22). The van der Waals surface area contributed by atoms with Gasteiger partial charge in [-0.1, -0.05) is 12.1 Å². The molecule has 0 aliphatic heterocycles. The molecule has 6 heteroatoms. The van der Waals surface area contributed by atoms with Gasteiger partial charge in [-0.2, -0.15) is 0 Å². The number of anilines is 1. The Bertz CT molecular complexity index is 872. The number of rotatable bonds is 5. The number of amides is 1. The first kappa shape index (κ1) is 16.7. The predicted molar refractivity (Wildman–Crippen MR) is 93.7 cm³/mol. The van der Waals surface area contributed by atoms with Crippen molar-refractivity contribution in [3.05, 3.63) is 71.9 Å². The first-order chi connectivity index (χ1) is 12.0. The van der Waals surface area contributed by atoms with E-state index in [1.165, 1.54) is 17.2 Å². The molecule has 0 atom stereocenters. The number of aromatic nitrogens is 1. The average Bonchev–Trinajstić information content (AvgIpc) is 3.09. The Morgan fingerprint density at radius 1 is 1.16 bits per heavy atom. The number of hydrogen-bond donors (Lipinski definition) is 1. The van der Waals surface area contributed by atoms with E-state index in [1.54, 1.807) is 56.6 Å². The van der Waals surface area contributed by atoms with Crippen LogP contribution in [0.1, 0.15) is 16.1 Å². The van der Waals surface area contributed by atoms with Crippen molar-refractivity contribution in [3.63, 3.8) is 0 Å². The Hall–Kier alpha value is -3.15. The van der Waals surface area contributed by atoms with Crippen LogP contribution in [0, 0.1) is 5.82 Å². The number of pyridine rings is 1. The number of furan rings is 1. The van der Waals surface area contributed by atoms with Gasteiger partial charge in [-0.3, -0.25) is 4.79 Å². The summed E-state index contributed by atoms with van der Waals surface area (Å²) >= 11 is 0. The molecule has 0 bridgehead atoms. The fourth-order valence-electron chi connectivity index (χ4n) is 2.34. The predicted octanol–water partition coefficient (Wildman–Crippen LogP) is 3.79. The molecule has 2 aromatic heterocycles. The third-order valence-electron chi connectivity index (χ3n) is 3.66. The Morgan fingerprint density at radius 2 is 1.96 bits per heavy atom. The maximum atomic E-state index is 13.8. The molecule has 5 nitrogen and oxygen atoms in total. The Labute approximate surface area is 145 Å². The van der Waals surface area contributed by atoms with Gasteiger partial charge in [0.15, 0.2) is 0 Å². The summed E-state index contributed by atoms with van der Waals surface area (Å²) in [7, 11) is 3.39. The molecule has 0 unspecified atom stereocenters. The van der Waals surface area contributed by atoms with Crippen LogP contribution in [-0.2, 0) is 6.54 Å². The summed E-state index contributed by atoms with van der Waals surface area (Å²) in [5.41, 5.74) is 0.953. The molecular formula is C19H18FN3O2. The van der Waals surface area contributed by atoms with Crippen LogP contribution >= 0.6 is 0 Å². The first-order valence-electron chi connectivity index (χ1n) is 7.80. The van der Waals surface area contributed by atoms with Gasteiger partial charge in [0, 0.05) is 20.3 Å². The molecule has 3 aromatic rings. The fourth-order valence-corrected chi connectivity index (χ4v) is 2.34. The number of carbonyl (C=O) groups is 1. The van der Waals surface area contributed by atoms with E-state index in [9.17, 15) is 9.18 Å². The molecule has 0 fully saturated rings. The lowest BCUT2D eigenvalue weighted by Gasteiger charge is -2.10. The van der Waals surface area contributed by atoms with Crippen molar-refractivity contribution in [1.82, 2.24) is 9.88 Å². The maximum absolute atomic E-state index is 13.8. The third kappa shape index (κ3) is 3.85. The summed E-state index contributed by atoms with van der Waals surface area (Å²) < 4.78 is 19.5. The topological polar surface area (TPSA) is 58.4 Å². The Kier molecular flexibility index (Phi) is 4.79. The highest BCUT2D eigenvalue weighted by atomic mass is 19.1. The van der Waals surface area contributed by atoms with Gasteiger partial charge < -0.3 is 14.6 Å². The van der Waals surface area contributed by atoms with Crippen LogP contribution in [0.4, 0.5) is 10.2 Å². The van der Waals surface area contributed by atoms with E-state index in [0.29, 0.717) is 35.0 Å². The van der Waals surface area contributed by atoms with Gasteiger partial charge in [0.05, 0.1) is 17.7 Å². The van der Waals surface area contributed by atoms with Gasteiger partial charge in [-0.15, -0.1) is 0 Å². The van der Waals surface area contributed by atoms with Crippen molar-refractivity contribution in [2.45, 2.75) is 6.54 Å². The van der Waals surface area contributed by atoms with Crippen molar-refractivity contribution in [3.8, 4) is 11.3 Å². The molecule has 1 aromatic carbocycles. The van der Waals surface area contributed by atoms with E-state index in [-0.39, 0.29) is 11.7 Å². The number of halogens is 1. The number of benzene rings is 1. The minimum absolute atomic E-state index is 0.0976. The smallest absolute Gasteiger partial charge is 0.254 e. The molecule has 0 saturated carbocycles. The highest BCUT2D eigenvalue weighted by molar-refractivity contribution is 5.93. The van der Waals surface area contributed by atoms with Crippen molar-refractivity contribution < 1.29 is 13.6 Å². The molecule has 0 saturated heterocycles. The molecular weight excluding hydrogens is 321 g/mol. The highest BCUT2D eigenvalue weighted by Crippen LogP contribution is 2.25. The number of nitrogens with zero attached hydrogens (tertiary/aromatic N) is 2.